The minimum absolute atomic E-state index is 0.0824. The highest BCUT2D eigenvalue weighted by molar-refractivity contribution is 5.44. The lowest BCUT2D eigenvalue weighted by Crippen LogP contribution is -2.22. The van der Waals surface area contributed by atoms with Gasteiger partial charge >= 0.3 is 0 Å². The summed E-state index contributed by atoms with van der Waals surface area (Å²) in [5.74, 6) is 0.337. The molecule has 1 aromatic rings. The summed E-state index contributed by atoms with van der Waals surface area (Å²) in [4.78, 5) is 22.4. The van der Waals surface area contributed by atoms with Crippen LogP contribution in [0, 0.1) is 4.91 Å². The zero-order valence-electron chi connectivity index (χ0n) is 9.52. The third kappa shape index (κ3) is 1.82. The molecule has 0 bridgehead atoms. The summed E-state index contributed by atoms with van der Waals surface area (Å²) in [7, 11) is 0. The zero-order chi connectivity index (χ0) is 11.8. The van der Waals surface area contributed by atoms with E-state index in [1.165, 1.54) is 0 Å². The average Bonchev–Trinajstić information content (AvgIpc) is 3.14. The predicted molar refractivity (Wildman–Crippen MR) is 61.6 cm³/mol. The molecular weight excluding hydrogens is 222 g/mol. The predicted octanol–water partition coefficient (Wildman–Crippen LogP) is 1.80. The van der Waals surface area contributed by atoms with Gasteiger partial charge < -0.3 is 4.74 Å². The molecule has 6 heteroatoms. The Morgan fingerprint density at radius 2 is 1.94 bits per heavy atom. The minimum atomic E-state index is -0.353. The molecule has 6 nitrogen and oxygen atoms in total. The number of aromatic nitrogens is 2. The Balaban J connectivity index is 2.02. The van der Waals surface area contributed by atoms with Gasteiger partial charge in [-0.05, 0) is 30.9 Å². The SMILES string of the molecule is O=Nc1c(C2CC2)n(C2CCOCC2)[nH]c1=O. The van der Waals surface area contributed by atoms with Crippen molar-refractivity contribution in [3.63, 3.8) is 0 Å². The first-order chi connectivity index (χ1) is 8.31. The van der Waals surface area contributed by atoms with Gasteiger partial charge in [-0.15, -0.1) is 4.91 Å². The van der Waals surface area contributed by atoms with Crippen molar-refractivity contribution >= 4 is 5.69 Å². The van der Waals surface area contributed by atoms with Crippen LogP contribution in [-0.2, 0) is 4.74 Å². The maximum atomic E-state index is 11.7. The Hall–Kier alpha value is -1.43. The highest BCUT2D eigenvalue weighted by atomic mass is 16.5. The Kier molecular flexibility index (Phi) is 2.58. The van der Waals surface area contributed by atoms with E-state index >= 15 is 0 Å². The van der Waals surface area contributed by atoms with Crippen LogP contribution < -0.4 is 5.56 Å². The topological polar surface area (TPSA) is 76.5 Å². The van der Waals surface area contributed by atoms with Crippen LogP contribution in [0.5, 0.6) is 0 Å². The maximum Gasteiger partial charge on any atom is 0.293 e. The van der Waals surface area contributed by atoms with Crippen molar-refractivity contribution in [3.8, 4) is 0 Å². The van der Waals surface area contributed by atoms with Gasteiger partial charge in [-0.1, -0.05) is 0 Å². The van der Waals surface area contributed by atoms with E-state index in [2.05, 4.69) is 10.3 Å². The van der Waals surface area contributed by atoms with Crippen LogP contribution in [-0.4, -0.2) is 23.0 Å². The first kappa shape index (κ1) is 10.7. The standard InChI is InChI=1S/C11H15N3O3/c15-11-9(13-16)10(7-1-2-7)14(12-11)8-3-5-17-6-4-8/h7-8H,1-6H2,(H,12,15). The fourth-order valence-electron chi connectivity index (χ4n) is 2.52. The first-order valence-electron chi connectivity index (χ1n) is 6.06. The smallest absolute Gasteiger partial charge is 0.293 e. The highest BCUT2D eigenvalue weighted by Gasteiger charge is 2.34. The van der Waals surface area contributed by atoms with Crippen molar-refractivity contribution in [2.45, 2.75) is 37.6 Å². The van der Waals surface area contributed by atoms with E-state index < -0.39 is 0 Å². The number of hydrogen-bond acceptors (Lipinski definition) is 4. The third-order valence-electron chi connectivity index (χ3n) is 3.55. The van der Waals surface area contributed by atoms with Gasteiger partial charge in [0, 0.05) is 19.1 Å². The van der Waals surface area contributed by atoms with Crippen LogP contribution in [0.4, 0.5) is 5.69 Å². The summed E-state index contributed by atoms with van der Waals surface area (Å²) >= 11 is 0. The molecule has 1 aromatic heterocycles. The van der Waals surface area contributed by atoms with E-state index in [1.54, 1.807) is 0 Å². The van der Waals surface area contributed by atoms with Crippen LogP contribution >= 0.6 is 0 Å². The first-order valence-corrected chi connectivity index (χ1v) is 6.06. The summed E-state index contributed by atoms with van der Waals surface area (Å²) in [5, 5.41) is 5.67. The molecular formula is C11H15N3O3. The molecule has 2 heterocycles. The monoisotopic (exact) mass is 237 g/mol. The number of nitroso groups, excluding NO2 is 1. The van der Waals surface area contributed by atoms with Crippen molar-refractivity contribution in [1.29, 1.82) is 0 Å². The molecule has 1 aliphatic carbocycles. The van der Waals surface area contributed by atoms with Crippen molar-refractivity contribution in [3.05, 3.63) is 21.0 Å². The van der Waals surface area contributed by atoms with Crippen molar-refractivity contribution in [2.75, 3.05) is 13.2 Å². The second-order valence-electron chi connectivity index (χ2n) is 4.75. The summed E-state index contributed by atoms with van der Waals surface area (Å²) < 4.78 is 7.18. The lowest BCUT2D eigenvalue weighted by atomic mass is 10.1. The second-order valence-corrected chi connectivity index (χ2v) is 4.75. The quantitative estimate of drug-likeness (QED) is 0.814. The molecule has 17 heavy (non-hydrogen) atoms. The normalized spacial score (nSPS) is 21.6. The number of hydrogen-bond donors (Lipinski definition) is 1. The Bertz CT molecular complexity index is 481. The molecule has 1 aliphatic heterocycles. The van der Waals surface area contributed by atoms with E-state index in [-0.39, 0.29) is 17.3 Å². The lowest BCUT2D eigenvalue weighted by molar-refractivity contribution is 0.0653. The maximum absolute atomic E-state index is 11.7. The number of nitrogens with zero attached hydrogens (tertiary/aromatic N) is 2. The van der Waals surface area contributed by atoms with Crippen LogP contribution in [0.2, 0.25) is 0 Å². The summed E-state index contributed by atoms with van der Waals surface area (Å²) in [6, 6.07) is 0.238. The molecule has 1 saturated heterocycles. The summed E-state index contributed by atoms with van der Waals surface area (Å²) in [6.07, 6.45) is 3.84. The van der Waals surface area contributed by atoms with Crippen LogP contribution in [0.1, 0.15) is 43.3 Å². The largest absolute Gasteiger partial charge is 0.381 e. The van der Waals surface area contributed by atoms with E-state index in [1.807, 2.05) is 4.68 Å². The minimum Gasteiger partial charge on any atom is -0.381 e. The van der Waals surface area contributed by atoms with Gasteiger partial charge in [-0.3, -0.25) is 14.6 Å². The summed E-state index contributed by atoms with van der Waals surface area (Å²) in [5.41, 5.74) is 0.546. The number of H-pyrrole nitrogens is 1. The molecule has 0 aromatic carbocycles. The molecule has 1 N–H and O–H groups in total. The summed E-state index contributed by atoms with van der Waals surface area (Å²) in [6.45, 7) is 1.41. The average molecular weight is 237 g/mol. The molecule has 0 unspecified atom stereocenters. The van der Waals surface area contributed by atoms with Gasteiger partial charge in [-0.25, -0.2) is 0 Å². The van der Waals surface area contributed by atoms with Gasteiger partial charge in [0.25, 0.3) is 5.56 Å². The van der Waals surface area contributed by atoms with Gasteiger partial charge in [0.1, 0.15) is 0 Å². The van der Waals surface area contributed by atoms with Crippen molar-refractivity contribution in [1.82, 2.24) is 9.78 Å². The second kappa shape index (κ2) is 4.10. The molecule has 92 valence electrons. The number of nitrogens with one attached hydrogen (secondary N) is 1. The van der Waals surface area contributed by atoms with Gasteiger partial charge in [-0.2, -0.15) is 0 Å². The van der Waals surface area contributed by atoms with E-state index in [0.29, 0.717) is 19.1 Å². The van der Waals surface area contributed by atoms with Crippen LogP contribution in [0.15, 0.2) is 9.97 Å². The molecule has 2 fully saturated rings. The molecule has 1 saturated carbocycles. The van der Waals surface area contributed by atoms with E-state index in [4.69, 9.17) is 4.74 Å². The molecule has 0 spiro atoms. The number of ether oxygens (including phenoxy) is 1. The van der Waals surface area contributed by atoms with E-state index in [9.17, 15) is 9.70 Å². The van der Waals surface area contributed by atoms with Gasteiger partial charge in [0.2, 0.25) is 0 Å². The van der Waals surface area contributed by atoms with Gasteiger partial charge in [0.15, 0.2) is 5.69 Å². The third-order valence-corrected chi connectivity index (χ3v) is 3.55. The van der Waals surface area contributed by atoms with Crippen molar-refractivity contribution < 1.29 is 4.74 Å². The van der Waals surface area contributed by atoms with Crippen LogP contribution in [0.25, 0.3) is 0 Å². The zero-order valence-corrected chi connectivity index (χ0v) is 9.52. The van der Waals surface area contributed by atoms with Crippen molar-refractivity contribution in [2.24, 2.45) is 5.18 Å². The van der Waals surface area contributed by atoms with Crippen LogP contribution in [0.3, 0.4) is 0 Å². The molecule has 0 atom stereocenters. The number of rotatable bonds is 3. The molecule has 2 aliphatic rings. The van der Waals surface area contributed by atoms with Gasteiger partial charge in [0.05, 0.1) is 11.7 Å². The number of aromatic amines is 1. The lowest BCUT2D eigenvalue weighted by Gasteiger charge is -2.24. The molecule has 3 rings (SSSR count). The Labute approximate surface area is 97.9 Å². The Morgan fingerprint density at radius 1 is 1.24 bits per heavy atom. The fourth-order valence-corrected chi connectivity index (χ4v) is 2.52. The highest BCUT2D eigenvalue weighted by Crippen LogP contribution is 2.44. The fraction of sp³-hybridized carbons (Fsp3) is 0.727. The Morgan fingerprint density at radius 3 is 2.53 bits per heavy atom. The molecule has 0 amide bonds. The van der Waals surface area contributed by atoms with E-state index in [0.717, 1.165) is 31.4 Å². The molecule has 0 radical (unpaired) electrons.